The van der Waals surface area contributed by atoms with Crippen LogP contribution in [0.1, 0.15) is 23.8 Å². The molecule has 0 spiro atoms. The summed E-state index contributed by atoms with van der Waals surface area (Å²) in [5.74, 6) is 0. The van der Waals surface area contributed by atoms with Gasteiger partial charge in [-0.2, -0.15) is 5.26 Å². The number of hydrogen-bond donors (Lipinski definition) is 1. The SMILES string of the molecule is CCCNCc1cc(C#N)cs1. The molecule has 0 saturated heterocycles. The molecule has 0 unspecified atom stereocenters. The highest BCUT2D eigenvalue weighted by Gasteiger charge is 1.96. The van der Waals surface area contributed by atoms with Gasteiger partial charge in [-0.25, -0.2) is 0 Å². The van der Waals surface area contributed by atoms with Crippen molar-refractivity contribution in [3.05, 3.63) is 21.9 Å². The summed E-state index contributed by atoms with van der Waals surface area (Å²) < 4.78 is 0. The maximum absolute atomic E-state index is 8.56. The number of thiophene rings is 1. The van der Waals surface area contributed by atoms with Crippen molar-refractivity contribution in [2.45, 2.75) is 19.9 Å². The van der Waals surface area contributed by atoms with Crippen LogP contribution in [0, 0.1) is 11.3 Å². The molecule has 64 valence electrons. The highest BCUT2D eigenvalue weighted by Crippen LogP contribution is 2.12. The molecule has 2 nitrogen and oxygen atoms in total. The Balaban J connectivity index is 2.38. The third-order valence-electron chi connectivity index (χ3n) is 1.51. The Bertz CT molecular complexity index is 272. The summed E-state index contributed by atoms with van der Waals surface area (Å²) in [6, 6.07) is 4.06. The van der Waals surface area contributed by atoms with E-state index in [9.17, 15) is 0 Å². The van der Waals surface area contributed by atoms with Crippen molar-refractivity contribution < 1.29 is 0 Å². The number of nitrogens with zero attached hydrogens (tertiary/aromatic N) is 1. The standard InChI is InChI=1S/C9H12N2S/c1-2-3-11-6-9-4-8(5-10)7-12-9/h4,7,11H,2-3,6H2,1H3. The van der Waals surface area contributed by atoms with Crippen LogP contribution >= 0.6 is 11.3 Å². The summed E-state index contributed by atoms with van der Waals surface area (Å²) in [5.41, 5.74) is 0.772. The highest BCUT2D eigenvalue weighted by atomic mass is 32.1. The van der Waals surface area contributed by atoms with Gasteiger partial charge in [0.2, 0.25) is 0 Å². The van der Waals surface area contributed by atoms with Crippen LogP contribution in [0.25, 0.3) is 0 Å². The van der Waals surface area contributed by atoms with Crippen LogP contribution in [-0.2, 0) is 6.54 Å². The summed E-state index contributed by atoms with van der Waals surface area (Å²) in [5, 5.41) is 13.7. The van der Waals surface area contributed by atoms with Gasteiger partial charge in [-0.1, -0.05) is 6.92 Å². The molecule has 0 bridgehead atoms. The van der Waals surface area contributed by atoms with E-state index >= 15 is 0 Å². The lowest BCUT2D eigenvalue weighted by Crippen LogP contribution is -2.12. The molecule has 1 aromatic heterocycles. The lowest BCUT2D eigenvalue weighted by molar-refractivity contribution is 0.681. The average molecular weight is 180 g/mol. The summed E-state index contributed by atoms with van der Waals surface area (Å²) >= 11 is 1.64. The molecule has 0 radical (unpaired) electrons. The fourth-order valence-electron chi connectivity index (χ4n) is 0.920. The van der Waals surface area contributed by atoms with Gasteiger partial charge in [0, 0.05) is 16.8 Å². The molecule has 0 aliphatic carbocycles. The number of nitriles is 1. The van der Waals surface area contributed by atoms with Gasteiger partial charge in [-0.15, -0.1) is 11.3 Å². The van der Waals surface area contributed by atoms with Crippen molar-refractivity contribution in [1.29, 1.82) is 5.26 Å². The van der Waals surface area contributed by atoms with Crippen molar-refractivity contribution in [3.63, 3.8) is 0 Å². The Kier molecular flexibility index (Phi) is 3.78. The number of hydrogen-bond acceptors (Lipinski definition) is 3. The molecule has 0 amide bonds. The van der Waals surface area contributed by atoms with E-state index in [0.29, 0.717) is 0 Å². The summed E-state index contributed by atoms with van der Waals surface area (Å²) in [6.45, 7) is 4.07. The molecule has 0 aliphatic rings. The van der Waals surface area contributed by atoms with Crippen LogP contribution in [0.5, 0.6) is 0 Å². The lowest BCUT2D eigenvalue weighted by atomic mass is 10.3. The van der Waals surface area contributed by atoms with E-state index in [-0.39, 0.29) is 0 Å². The molecule has 0 atom stereocenters. The van der Waals surface area contributed by atoms with Gasteiger partial charge in [0.25, 0.3) is 0 Å². The first-order valence-electron chi connectivity index (χ1n) is 4.05. The quantitative estimate of drug-likeness (QED) is 0.720. The number of rotatable bonds is 4. The third kappa shape index (κ3) is 2.65. The molecule has 1 aromatic rings. The van der Waals surface area contributed by atoms with Crippen LogP contribution in [-0.4, -0.2) is 6.54 Å². The lowest BCUT2D eigenvalue weighted by Gasteiger charge is -1.97. The van der Waals surface area contributed by atoms with Crippen LogP contribution in [0.2, 0.25) is 0 Å². The Labute approximate surface area is 76.8 Å². The minimum absolute atomic E-state index is 0.772. The Hall–Kier alpha value is -0.850. The van der Waals surface area contributed by atoms with Gasteiger partial charge in [0.05, 0.1) is 5.56 Å². The molecular weight excluding hydrogens is 168 g/mol. The van der Waals surface area contributed by atoms with E-state index in [2.05, 4.69) is 18.3 Å². The first-order chi connectivity index (χ1) is 5.86. The molecule has 0 aliphatic heterocycles. The van der Waals surface area contributed by atoms with E-state index in [1.807, 2.05) is 11.4 Å². The predicted octanol–water partition coefficient (Wildman–Crippen LogP) is 2.12. The minimum Gasteiger partial charge on any atom is -0.312 e. The first-order valence-corrected chi connectivity index (χ1v) is 4.93. The normalized spacial score (nSPS) is 9.67. The fraction of sp³-hybridized carbons (Fsp3) is 0.444. The Morgan fingerprint density at radius 3 is 3.08 bits per heavy atom. The molecule has 1 rings (SSSR count). The second-order valence-electron chi connectivity index (χ2n) is 2.59. The van der Waals surface area contributed by atoms with Crippen molar-refractivity contribution in [2.24, 2.45) is 0 Å². The second-order valence-corrected chi connectivity index (χ2v) is 3.59. The Morgan fingerprint density at radius 1 is 1.67 bits per heavy atom. The van der Waals surface area contributed by atoms with E-state index in [1.165, 1.54) is 4.88 Å². The van der Waals surface area contributed by atoms with Crippen LogP contribution in [0.3, 0.4) is 0 Å². The van der Waals surface area contributed by atoms with Gasteiger partial charge >= 0.3 is 0 Å². The molecule has 0 fully saturated rings. The Morgan fingerprint density at radius 2 is 2.50 bits per heavy atom. The third-order valence-corrected chi connectivity index (χ3v) is 2.45. The van der Waals surface area contributed by atoms with E-state index < -0.39 is 0 Å². The number of nitrogens with one attached hydrogen (secondary N) is 1. The van der Waals surface area contributed by atoms with Crippen molar-refractivity contribution in [1.82, 2.24) is 5.32 Å². The average Bonchev–Trinajstić information content (AvgIpc) is 2.53. The molecule has 1 N–H and O–H groups in total. The summed E-state index contributed by atoms with van der Waals surface area (Å²) in [6.07, 6.45) is 1.15. The molecular formula is C9H12N2S. The van der Waals surface area contributed by atoms with Crippen LogP contribution in [0.4, 0.5) is 0 Å². The maximum Gasteiger partial charge on any atom is 0.100 e. The van der Waals surface area contributed by atoms with Gasteiger partial charge in [0.15, 0.2) is 0 Å². The summed E-state index contributed by atoms with van der Waals surface area (Å²) in [4.78, 5) is 1.24. The smallest absolute Gasteiger partial charge is 0.100 e. The van der Waals surface area contributed by atoms with Crippen molar-refractivity contribution in [3.8, 4) is 6.07 Å². The van der Waals surface area contributed by atoms with Crippen LogP contribution in [0.15, 0.2) is 11.4 Å². The summed E-state index contributed by atoms with van der Waals surface area (Å²) in [7, 11) is 0. The zero-order valence-electron chi connectivity index (χ0n) is 7.13. The van der Waals surface area contributed by atoms with Gasteiger partial charge < -0.3 is 5.32 Å². The molecule has 0 aromatic carbocycles. The fourth-order valence-corrected chi connectivity index (χ4v) is 1.70. The second kappa shape index (κ2) is 4.91. The van der Waals surface area contributed by atoms with Crippen LogP contribution < -0.4 is 5.32 Å². The first kappa shape index (κ1) is 9.24. The van der Waals surface area contributed by atoms with Crippen molar-refractivity contribution in [2.75, 3.05) is 6.54 Å². The minimum atomic E-state index is 0.772. The van der Waals surface area contributed by atoms with E-state index in [4.69, 9.17) is 5.26 Å². The zero-order valence-corrected chi connectivity index (χ0v) is 7.95. The molecule has 3 heteroatoms. The molecule has 0 saturated carbocycles. The largest absolute Gasteiger partial charge is 0.312 e. The molecule has 1 heterocycles. The van der Waals surface area contributed by atoms with E-state index in [0.717, 1.165) is 25.1 Å². The topological polar surface area (TPSA) is 35.8 Å². The zero-order chi connectivity index (χ0) is 8.81. The van der Waals surface area contributed by atoms with E-state index in [1.54, 1.807) is 11.3 Å². The molecule has 12 heavy (non-hydrogen) atoms. The van der Waals surface area contributed by atoms with Crippen molar-refractivity contribution >= 4 is 11.3 Å². The highest BCUT2D eigenvalue weighted by molar-refractivity contribution is 7.10. The van der Waals surface area contributed by atoms with Gasteiger partial charge in [-0.05, 0) is 19.0 Å². The predicted molar refractivity (Wildman–Crippen MR) is 51.0 cm³/mol. The monoisotopic (exact) mass is 180 g/mol. The van der Waals surface area contributed by atoms with Gasteiger partial charge in [-0.3, -0.25) is 0 Å². The maximum atomic E-state index is 8.56. The van der Waals surface area contributed by atoms with Gasteiger partial charge in [0.1, 0.15) is 6.07 Å².